The monoisotopic (exact) mass is 443 g/mol. The number of halogens is 2. The summed E-state index contributed by atoms with van der Waals surface area (Å²) in [6, 6.07) is 9.33. The fraction of sp³-hybridized carbons (Fsp3) is 0.292. The molecule has 3 rings (SSSR count). The van der Waals surface area contributed by atoms with Crippen LogP contribution >= 0.6 is 0 Å². The molecule has 0 saturated carbocycles. The van der Waals surface area contributed by atoms with Gasteiger partial charge in [0.15, 0.2) is 5.78 Å². The van der Waals surface area contributed by atoms with E-state index in [2.05, 4.69) is 0 Å². The van der Waals surface area contributed by atoms with Gasteiger partial charge in [0, 0.05) is 18.0 Å². The van der Waals surface area contributed by atoms with Gasteiger partial charge in [-0.25, -0.2) is 13.6 Å². The molecule has 0 bridgehead atoms. The van der Waals surface area contributed by atoms with Crippen LogP contribution in [0.4, 0.5) is 13.6 Å². The number of benzene rings is 2. The number of ether oxygens (including phenoxy) is 2. The number of esters is 1. The van der Waals surface area contributed by atoms with Gasteiger partial charge in [0.25, 0.3) is 0 Å². The van der Waals surface area contributed by atoms with Crippen LogP contribution in [0.2, 0.25) is 0 Å². The molecule has 0 N–H and O–H groups in total. The fourth-order valence-electron chi connectivity index (χ4n) is 3.41. The van der Waals surface area contributed by atoms with Gasteiger partial charge in [-0.1, -0.05) is 18.2 Å². The third kappa shape index (κ3) is 4.85. The van der Waals surface area contributed by atoms with Crippen LogP contribution in [0.25, 0.3) is 10.9 Å². The van der Waals surface area contributed by atoms with Crippen molar-refractivity contribution in [3.8, 4) is 0 Å². The first-order valence-corrected chi connectivity index (χ1v) is 9.91. The molecule has 1 unspecified atom stereocenters. The lowest BCUT2D eigenvalue weighted by atomic mass is 9.91. The van der Waals surface area contributed by atoms with Gasteiger partial charge in [0.2, 0.25) is 0 Å². The van der Waals surface area contributed by atoms with Gasteiger partial charge in [0.1, 0.15) is 17.2 Å². The Morgan fingerprint density at radius 1 is 1.06 bits per heavy atom. The van der Waals surface area contributed by atoms with Gasteiger partial charge >= 0.3 is 12.1 Å². The van der Waals surface area contributed by atoms with Crippen LogP contribution in [0, 0.1) is 11.6 Å². The lowest BCUT2D eigenvalue weighted by Crippen LogP contribution is -2.26. The van der Waals surface area contributed by atoms with Crippen molar-refractivity contribution in [1.29, 1.82) is 0 Å². The number of rotatable bonds is 5. The van der Waals surface area contributed by atoms with Crippen LogP contribution in [0.5, 0.6) is 0 Å². The van der Waals surface area contributed by atoms with Gasteiger partial charge in [0.05, 0.1) is 24.1 Å². The van der Waals surface area contributed by atoms with Gasteiger partial charge in [-0.3, -0.25) is 14.2 Å². The predicted octanol–water partition coefficient (Wildman–Crippen LogP) is 5.23. The van der Waals surface area contributed by atoms with Crippen molar-refractivity contribution in [2.75, 3.05) is 7.11 Å². The molecule has 3 aromatic rings. The number of carbonyl (C=O) groups excluding carboxylic acids is 3. The highest BCUT2D eigenvalue weighted by molar-refractivity contribution is 6.02. The molecular weight excluding hydrogens is 420 g/mol. The van der Waals surface area contributed by atoms with Gasteiger partial charge in [-0.2, -0.15) is 0 Å². The largest absolute Gasteiger partial charge is 0.469 e. The topological polar surface area (TPSA) is 74.6 Å². The molecule has 0 spiro atoms. The Kier molecular flexibility index (Phi) is 6.43. The number of para-hydroxylation sites is 1. The van der Waals surface area contributed by atoms with Crippen molar-refractivity contribution in [3.05, 3.63) is 71.4 Å². The molecule has 32 heavy (non-hydrogen) atoms. The molecule has 8 heteroatoms. The molecule has 0 radical (unpaired) electrons. The summed E-state index contributed by atoms with van der Waals surface area (Å²) in [5.41, 5.74) is -0.414. The number of hydrogen-bond donors (Lipinski definition) is 0. The highest BCUT2D eigenvalue weighted by Gasteiger charge is 2.31. The third-order valence-electron chi connectivity index (χ3n) is 4.81. The normalized spacial score (nSPS) is 12.4. The number of methoxy groups -OCH3 is 1. The van der Waals surface area contributed by atoms with Crippen molar-refractivity contribution in [3.63, 3.8) is 0 Å². The van der Waals surface area contributed by atoms with E-state index in [0.29, 0.717) is 16.5 Å². The predicted molar refractivity (Wildman–Crippen MR) is 114 cm³/mol. The number of aromatic nitrogens is 1. The summed E-state index contributed by atoms with van der Waals surface area (Å²) in [4.78, 5) is 38.1. The summed E-state index contributed by atoms with van der Waals surface area (Å²) < 4.78 is 39.2. The maximum atomic E-state index is 14.1. The molecule has 6 nitrogen and oxygen atoms in total. The number of nitrogens with zero attached hydrogens (tertiary/aromatic N) is 1. The van der Waals surface area contributed by atoms with E-state index in [0.717, 1.165) is 25.3 Å². The van der Waals surface area contributed by atoms with Gasteiger partial charge < -0.3 is 9.47 Å². The average Bonchev–Trinajstić information content (AvgIpc) is 3.11. The van der Waals surface area contributed by atoms with Crippen LogP contribution in [-0.2, 0) is 14.3 Å². The molecule has 168 valence electrons. The Morgan fingerprint density at radius 3 is 2.41 bits per heavy atom. The van der Waals surface area contributed by atoms with Crippen molar-refractivity contribution in [2.24, 2.45) is 0 Å². The first-order chi connectivity index (χ1) is 15.0. The van der Waals surface area contributed by atoms with Crippen LogP contribution in [0.1, 0.15) is 49.0 Å². The SMILES string of the molecule is COC(=O)C(CC(=O)c1cc(F)ccc1F)c1cn(C(=O)OC(C)(C)C)c2ccccc12. The second-order valence-electron chi connectivity index (χ2n) is 8.28. The zero-order valence-corrected chi connectivity index (χ0v) is 18.1. The molecular formula is C24H23F2NO5. The quantitative estimate of drug-likeness (QED) is 0.399. The minimum atomic E-state index is -1.15. The van der Waals surface area contributed by atoms with Gasteiger partial charge in [-0.15, -0.1) is 0 Å². The summed E-state index contributed by atoms with van der Waals surface area (Å²) >= 11 is 0. The lowest BCUT2D eigenvalue weighted by Gasteiger charge is -2.19. The van der Waals surface area contributed by atoms with E-state index in [1.54, 1.807) is 45.0 Å². The van der Waals surface area contributed by atoms with Gasteiger partial charge in [-0.05, 0) is 50.6 Å². The van der Waals surface area contributed by atoms with E-state index in [1.165, 1.54) is 10.8 Å². The summed E-state index contributed by atoms with van der Waals surface area (Å²) in [5, 5.41) is 0.529. The number of carbonyl (C=O) groups is 3. The van der Waals surface area contributed by atoms with E-state index < -0.39 is 53.0 Å². The summed E-state index contributed by atoms with van der Waals surface area (Å²) in [5.74, 6) is -4.33. The van der Waals surface area contributed by atoms with Crippen molar-refractivity contribution in [2.45, 2.75) is 38.7 Å². The smallest absolute Gasteiger partial charge is 0.419 e. The summed E-state index contributed by atoms with van der Waals surface area (Å²) in [7, 11) is 1.16. The molecule has 0 fully saturated rings. The number of hydrogen-bond acceptors (Lipinski definition) is 5. The maximum Gasteiger partial charge on any atom is 0.419 e. The molecule has 0 aliphatic rings. The summed E-state index contributed by atoms with van der Waals surface area (Å²) in [6.45, 7) is 5.17. The molecule has 0 amide bonds. The first-order valence-electron chi connectivity index (χ1n) is 9.91. The van der Waals surface area contributed by atoms with Crippen molar-refractivity contribution in [1.82, 2.24) is 4.57 Å². The Balaban J connectivity index is 2.07. The maximum absolute atomic E-state index is 14.1. The molecule has 1 aromatic heterocycles. The molecule has 1 atom stereocenters. The van der Waals surface area contributed by atoms with Crippen molar-refractivity contribution >= 4 is 28.7 Å². The van der Waals surface area contributed by atoms with Crippen LogP contribution < -0.4 is 0 Å². The Morgan fingerprint density at radius 2 is 1.75 bits per heavy atom. The third-order valence-corrected chi connectivity index (χ3v) is 4.81. The highest BCUT2D eigenvalue weighted by Crippen LogP contribution is 2.32. The van der Waals surface area contributed by atoms with E-state index in [-0.39, 0.29) is 0 Å². The van der Waals surface area contributed by atoms with Crippen LogP contribution in [0.15, 0.2) is 48.7 Å². The molecule has 2 aromatic carbocycles. The molecule has 0 aliphatic heterocycles. The Labute approximate surface area is 183 Å². The van der Waals surface area contributed by atoms with E-state index in [9.17, 15) is 23.2 Å². The number of fused-ring (bicyclic) bond motifs is 1. The van der Waals surface area contributed by atoms with E-state index in [4.69, 9.17) is 9.47 Å². The second kappa shape index (κ2) is 8.90. The minimum absolute atomic E-state index is 0.337. The average molecular weight is 443 g/mol. The zero-order valence-electron chi connectivity index (χ0n) is 18.1. The molecule has 0 aliphatic carbocycles. The fourth-order valence-corrected chi connectivity index (χ4v) is 3.41. The Bertz CT molecular complexity index is 1190. The van der Waals surface area contributed by atoms with E-state index in [1.807, 2.05) is 0 Å². The first kappa shape index (κ1) is 23.1. The second-order valence-corrected chi connectivity index (χ2v) is 8.28. The van der Waals surface area contributed by atoms with E-state index >= 15 is 0 Å². The lowest BCUT2D eigenvalue weighted by molar-refractivity contribution is -0.142. The highest BCUT2D eigenvalue weighted by atomic mass is 19.1. The minimum Gasteiger partial charge on any atom is -0.469 e. The Hall–Kier alpha value is -3.55. The summed E-state index contributed by atoms with van der Waals surface area (Å²) in [6.07, 6.45) is 0.274. The molecule has 1 heterocycles. The van der Waals surface area contributed by atoms with Crippen LogP contribution in [0.3, 0.4) is 0 Å². The van der Waals surface area contributed by atoms with Crippen LogP contribution in [-0.4, -0.2) is 35.1 Å². The molecule has 0 saturated heterocycles. The van der Waals surface area contributed by atoms with Crippen molar-refractivity contribution < 1.29 is 32.6 Å². The standard InChI is InChI=1S/C24H23F2NO5/c1-24(2,3)32-23(30)27-13-18(15-7-5-6-8-20(15)27)16(22(29)31-4)12-21(28)17-11-14(25)9-10-19(17)26/h5-11,13,16H,12H2,1-4H3. The number of ketones is 1. The zero-order chi connectivity index (χ0) is 23.6. The number of Topliss-reactive ketones (excluding diaryl/α,β-unsaturated/α-hetero) is 1.